The molecular weight excluding hydrogens is 202 g/mol. The molecule has 0 aliphatic heterocycles. The predicted molar refractivity (Wildman–Crippen MR) is 67.7 cm³/mol. The Morgan fingerprint density at radius 3 is 2.56 bits per heavy atom. The molecule has 0 aliphatic rings. The summed E-state index contributed by atoms with van der Waals surface area (Å²) in [4.78, 5) is 4.14. The standard InChI is InChI=1S/C12H21N3O/c1-4-14-10-5-11(7-13-6-10)15-12(8-16)9(2)3/h5-7,9,12,14-16H,4,8H2,1-3H3. The second-order valence-electron chi connectivity index (χ2n) is 4.17. The number of aliphatic hydroxyl groups is 1. The van der Waals surface area contributed by atoms with E-state index in [0.29, 0.717) is 5.92 Å². The van der Waals surface area contributed by atoms with Crippen LogP contribution < -0.4 is 10.6 Å². The van der Waals surface area contributed by atoms with Crippen LogP contribution >= 0.6 is 0 Å². The summed E-state index contributed by atoms with van der Waals surface area (Å²) in [5, 5.41) is 15.7. The maximum absolute atomic E-state index is 9.23. The van der Waals surface area contributed by atoms with Gasteiger partial charge in [0.2, 0.25) is 0 Å². The monoisotopic (exact) mass is 223 g/mol. The van der Waals surface area contributed by atoms with Gasteiger partial charge in [-0.1, -0.05) is 13.8 Å². The highest BCUT2D eigenvalue weighted by Crippen LogP contribution is 2.15. The van der Waals surface area contributed by atoms with Crippen LogP contribution in [0.3, 0.4) is 0 Å². The average Bonchev–Trinajstić information content (AvgIpc) is 2.26. The van der Waals surface area contributed by atoms with Crippen molar-refractivity contribution >= 4 is 11.4 Å². The molecule has 0 fully saturated rings. The van der Waals surface area contributed by atoms with Crippen LogP contribution in [0.1, 0.15) is 20.8 Å². The van der Waals surface area contributed by atoms with E-state index in [9.17, 15) is 5.11 Å². The number of aromatic nitrogens is 1. The SMILES string of the molecule is CCNc1cncc(NC(CO)C(C)C)c1. The van der Waals surface area contributed by atoms with Crippen LogP contribution in [-0.2, 0) is 0 Å². The molecule has 0 spiro atoms. The molecule has 0 saturated carbocycles. The lowest BCUT2D eigenvalue weighted by Gasteiger charge is -2.21. The lowest BCUT2D eigenvalue weighted by molar-refractivity contribution is 0.249. The van der Waals surface area contributed by atoms with Crippen LogP contribution in [-0.4, -0.2) is 29.3 Å². The van der Waals surface area contributed by atoms with Crippen molar-refractivity contribution < 1.29 is 5.11 Å². The Kier molecular flexibility index (Phi) is 5.05. The number of nitrogens with zero attached hydrogens (tertiary/aromatic N) is 1. The summed E-state index contributed by atoms with van der Waals surface area (Å²) < 4.78 is 0. The number of anilines is 2. The molecule has 16 heavy (non-hydrogen) atoms. The van der Waals surface area contributed by atoms with E-state index in [4.69, 9.17) is 0 Å². The smallest absolute Gasteiger partial charge is 0.0635 e. The Morgan fingerprint density at radius 2 is 2.00 bits per heavy atom. The zero-order valence-electron chi connectivity index (χ0n) is 10.2. The Balaban J connectivity index is 2.68. The lowest BCUT2D eigenvalue weighted by Crippen LogP contribution is -2.29. The van der Waals surface area contributed by atoms with Gasteiger partial charge in [0.05, 0.1) is 36.4 Å². The summed E-state index contributed by atoms with van der Waals surface area (Å²) in [6.45, 7) is 7.21. The molecule has 1 unspecified atom stereocenters. The number of hydrogen-bond donors (Lipinski definition) is 3. The molecule has 0 saturated heterocycles. The van der Waals surface area contributed by atoms with Crippen LogP contribution in [0.25, 0.3) is 0 Å². The quantitative estimate of drug-likeness (QED) is 0.690. The molecule has 4 nitrogen and oxygen atoms in total. The van der Waals surface area contributed by atoms with Gasteiger partial charge in [0.1, 0.15) is 0 Å². The Hall–Kier alpha value is -1.29. The Morgan fingerprint density at radius 1 is 1.31 bits per heavy atom. The molecule has 90 valence electrons. The molecule has 0 amide bonds. The first-order chi connectivity index (χ1) is 7.67. The highest BCUT2D eigenvalue weighted by atomic mass is 16.3. The molecule has 1 atom stereocenters. The molecule has 1 heterocycles. The van der Waals surface area contributed by atoms with Gasteiger partial charge < -0.3 is 15.7 Å². The first-order valence-corrected chi connectivity index (χ1v) is 5.73. The summed E-state index contributed by atoms with van der Waals surface area (Å²) >= 11 is 0. The minimum atomic E-state index is 0.0682. The lowest BCUT2D eigenvalue weighted by atomic mass is 10.1. The van der Waals surface area contributed by atoms with Crippen molar-refractivity contribution in [3.63, 3.8) is 0 Å². The van der Waals surface area contributed by atoms with E-state index in [-0.39, 0.29) is 12.6 Å². The third-order valence-electron chi connectivity index (χ3n) is 2.47. The number of pyridine rings is 1. The maximum Gasteiger partial charge on any atom is 0.0635 e. The molecule has 1 rings (SSSR count). The van der Waals surface area contributed by atoms with Crippen molar-refractivity contribution in [3.8, 4) is 0 Å². The predicted octanol–water partition coefficient (Wildman–Crippen LogP) is 1.94. The van der Waals surface area contributed by atoms with Crippen molar-refractivity contribution in [1.29, 1.82) is 0 Å². The minimum Gasteiger partial charge on any atom is -0.394 e. The molecule has 0 aromatic carbocycles. The topological polar surface area (TPSA) is 57.2 Å². The van der Waals surface area contributed by atoms with Crippen molar-refractivity contribution in [2.45, 2.75) is 26.8 Å². The molecule has 0 bridgehead atoms. The van der Waals surface area contributed by atoms with E-state index in [0.717, 1.165) is 17.9 Å². The third kappa shape index (κ3) is 3.70. The van der Waals surface area contributed by atoms with E-state index in [1.807, 2.05) is 13.0 Å². The van der Waals surface area contributed by atoms with Gasteiger partial charge in [0.15, 0.2) is 0 Å². The third-order valence-corrected chi connectivity index (χ3v) is 2.47. The first-order valence-electron chi connectivity index (χ1n) is 5.73. The molecule has 4 heteroatoms. The number of rotatable bonds is 6. The van der Waals surface area contributed by atoms with E-state index >= 15 is 0 Å². The van der Waals surface area contributed by atoms with Gasteiger partial charge in [-0.25, -0.2) is 0 Å². The molecule has 1 aromatic rings. The van der Waals surface area contributed by atoms with Crippen LogP contribution in [0.2, 0.25) is 0 Å². The van der Waals surface area contributed by atoms with Gasteiger partial charge in [-0.3, -0.25) is 4.98 Å². The largest absolute Gasteiger partial charge is 0.394 e. The van der Waals surface area contributed by atoms with Crippen molar-refractivity contribution in [2.75, 3.05) is 23.8 Å². The van der Waals surface area contributed by atoms with E-state index in [1.165, 1.54) is 0 Å². The normalized spacial score (nSPS) is 12.6. The first kappa shape index (κ1) is 12.8. The van der Waals surface area contributed by atoms with Crippen molar-refractivity contribution in [3.05, 3.63) is 18.5 Å². The number of hydrogen-bond acceptors (Lipinski definition) is 4. The molecule has 0 radical (unpaired) electrons. The van der Waals surface area contributed by atoms with Crippen LogP contribution in [0.4, 0.5) is 11.4 Å². The molecule has 3 N–H and O–H groups in total. The van der Waals surface area contributed by atoms with Crippen LogP contribution in [0, 0.1) is 5.92 Å². The van der Waals surface area contributed by atoms with Gasteiger partial charge in [0.25, 0.3) is 0 Å². The van der Waals surface area contributed by atoms with E-state index < -0.39 is 0 Å². The average molecular weight is 223 g/mol. The second kappa shape index (κ2) is 6.33. The second-order valence-corrected chi connectivity index (χ2v) is 4.17. The van der Waals surface area contributed by atoms with Gasteiger partial charge >= 0.3 is 0 Å². The zero-order valence-corrected chi connectivity index (χ0v) is 10.2. The van der Waals surface area contributed by atoms with Gasteiger partial charge in [-0.15, -0.1) is 0 Å². The molecule has 1 aromatic heterocycles. The highest BCUT2D eigenvalue weighted by Gasteiger charge is 2.11. The summed E-state index contributed by atoms with van der Waals surface area (Å²) in [6.07, 6.45) is 3.56. The fourth-order valence-corrected chi connectivity index (χ4v) is 1.46. The van der Waals surface area contributed by atoms with Gasteiger partial charge in [-0.05, 0) is 18.9 Å². The molecule has 0 aliphatic carbocycles. The van der Waals surface area contributed by atoms with E-state index in [1.54, 1.807) is 12.4 Å². The number of aliphatic hydroxyl groups excluding tert-OH is 1. The van der Waals surface area contributed by atoms with Crippen molar-refractivity contribution in [2.24, 2.45) is 5.92 Å². The molecular formula is C12H21N3O. The van der Waals surface area contributed by atoms with Crippen molar-refractivity contribution in [1.82, 2.24) is 4.98 Å². The fourth-order valence-electron chi connectivity index (χ4n) is 1.46. The Bertz CT molecular complexity index is 315. The Labute approximate surface area is 97.1 Å². The summed E-state index contributed by atoms with van der Waals surface area (Å²) in [5.74, 6) is 0.382. The summed E-state index contributed by atoms with van der Waals surface area (Å²) in [7, 11) is 0. The maximum atomic E-state index is 9.23. The van der Waals surface area contributed by atoms with Gasteiger partial charge in [0, 0.05) is 6.54 Å². The minimum absolute atomic E-state index is 0.0682. The zero-order chi connectivity index (χ0) is 12.0. The summed E-state index contributed by atoms with van der Waals surface area (Å²) in [5.41, 5.74) is 1.93. The van der Waals surface area contributed by atoms with Crippen LogP contribution in [0.5, 0.6) is 0 Å². The fraction of sp³-hybridized carbons (Fsp3) is 0.583. The van der Waals surface area contributed by atoms with Gasteiger partial charge in [-0.2, -0.15) is 0 Å². The van der Waals surface area contributed by atoms with E-state index in [2.05, 4.69) is 29.5 Å². The number of nitrogens with one attached hydrogen (secondary N) is 2. The summed E-state index contributed by atoms with van der Waals surface area (Å²) in [6, 6.07) is 2.07. The highest BCUT2D eigenvalue weighted by molar-refractivity contribution is 5.54. The van der Waals surface area contributed by atoms with Crippen LogP contribution in [0.15, 0.2) is 18.5 Å².